The van der Waals surface area contributed by atoms with E-state index in [4.69, 9.17) is 17.3 Å². The van der Waals surface area contributed by atoms with Crippen LogP contribution >= 0.6 is 11.6 Å². The quantitative estimate of drug-likeness (QED) is 0.803. The van der Waals surface area contributed by atoms with E-state index in [1.807, 2.05) is 0 Å². The number of benzene rings is 1. The Morgan fingerprint density at radius 3 is 2.78 bits per heavy atom. The lowest BCUT2D eigenvalue weighted by atomic mass is 10.1. The van der Waals surface area contributed by atoms with Crippen LogP contribution in [0.15, 0.2) is 18.2 Å². The highest BCUT2D eigenvalue weighted by Gasteiger charge is 2.33. The van der Waals surface area contributed by atoms with Crippen molar-refractivity contribution < 1.29 is 13.2 Å². The van der Waals surface area contributed by atoms with E-state index in [0.29, 0.717) is 22.8 Å². The summed E-state index contributed by atoms with van der Waals surface area (Å²) in [5.41, 5.74) is 6.48. The number of amides is 1. The van der Waals surface area contributed by atoms with E-state index in [-0.39, 0.29) is 17.4 Å². The molecule has 0 aliphatic carbocycles. The van der Waals surface area contributed by atoms with E-state index in [9.17, 15) is 13.2 Å². The number of hydrogen-bond acceptors (Lipinski definition) is 4. The average molecular weight is 289 g/mol. The molecule has 1 aromatic rings. The van der Waals surface area contributed by atoms with Crippen LogP contribution in [0.1, 0.15) is 6.42 Å². The van der Waals surface area contributed by atoms with Crippen LogP contribution in [0, 0.1) is 5.92 Å². The minimum atomic E-state index is -3.07. The molecule has 0 bridgehead atoms. The Bertz CT molecular complexity index is 586. The van der Waals surface area contributed by atoms with Crippen molar-refractivity contribution in [1.82, 2.24) is 0 Å². The van der Waals surface area contributed by atoms with Gasteiger partial charge in [-0.25, -0.2) is 8.42 Å². The zero-order valence-electron chi connectivity index (χ0n) is 9.52. The van der Waals surface area contributed by atoms with Crippen LogP contribution in [0.5, 0.6) is 0 Å². The summed E-state index contributed by atoms with van der Waals surface area (Å²) in [4.78, 5) is 11.9. The van der Waals surface area contributed by atoms with Crippen molar-refractivity contribution in [1.29, 1.82) is 0 Å². The predicted molar refractivity (Wildman–Crippen MR) is 71.3 cm³/mol. The Morgan fingerprint density at radius 1 is 1.44 bits per heavy atom. The monoisotopic (exact) mass is 288 g/mol. The standard InChI is InChI=1S/C11H13ClN2O3S/c12-9-2-1-8(13)5-10(9)14-11(15)7-3-4-18(16,17)6-7/h1-2,5,7H,3-4,6,13H2,(H,14,15). The van der Waals surface area contributed by atoms with Crippen LogP contribution in [-0.2, 0) is 14.6 Å². The van der Waals surface area contributed by atoms with Crippen molar-refractivity contribution in [3.63, 3.8) is 0 Å². The van der Waals surface area contributed by atoms with E-state index in [0.717, 1.165) is 0 Å². The molecule has 1 aliphatic rings. The smallest absolute Gasteiger partial charge is 0.228 e. The number of halogens is 1. The van der Waals surface area contributed by atoms with E-state index >= 15 is 0 Å². The van der Waals surface area contributed by atoms with Gasteiger partial charge in [0, 0.05) is 5.69 Å². The predicted octanol–water partition coefficient (Wildman–Crippen LogP) is 1.30. The second kappa shape index (κ2) is 4.78. The summed E-state index contributed by atoms with van der Waals surface area (Å²) in [5.74, 6) is -0.870. The van der Waals surface area contributed by atoms with E-state index in [2.05, 4.69) is 5.32 Å². The number of nitrogen functional groups attached to an aromatic ring is 1. The fraction of sp³-hybridized carbons (Fsp3) is 0.364. The number of carbonyl (C=O) groups is 1. The largest absolute Gasteiger partial charge is 0.399 e. The molecule has 3 N–H and O–H groups in total. The van der Waals surface area contributed by atoms with Crippen LogP contribution in [0.3, 0.4) is 0 Å². The number of anilines is 2. The second-order valence-corrected chi connectivity index (χ2v) is 6.96. The van der Waals surface area contributed by atoms with Gasteiger partial charge in [0.25, 0.3) is 0 Å². The van der Waals surface area contributed by atoms with Crippen LogP contribution in [0.2, 0.25) is 5.02 Å². The summed E-state index contributed by atoms with van der Waals surface area (Å²) in [5, 5.41) is 2.99. The van der Waals surface area contributed by atoms with Crippen molar-refractivity contribution in [2.24, 2.45) is 5.92 Å². The van der Waals surface area contributed by atoms with Crippen molar-refractivity contribution >= 4 is 38.7 Å². The molecule has 0 spiro atoms. The van der Waals surface area contributed by atoms with E-state index < -0.39 is 15.8 Å². The van der Waals surface area contributed by atoms with Gasteiger partial charge in [-0.05, 0) is 24.6 Å². The van der Waals surface area contributed by atoms with Gasteiger partial charge in [0.2, 0.25) is 5.91 Å². The molecule has 1 aliphatic heterocycles. The summed E-state index contributed by atoms with van der Waals surface area (Å²) in [6.07, 6.45) is 0.355. The third kappa shape index (κ3) is 2.94. The molecule has 1 heterocycles. The molecule has 5 nitrogen and oxygen atoms in total. The highest BCUT2D eigenvalue weighted by Crippen LogP contribution is 2.26. The van der Waals surface area contributed by atoms with E-state index in [1.165, 1.54) is 0 Å². The van der Waals surface area contributed by atoms with Gasteiger partial charge in [-0.2, -0.15) is 0 Å². The minimum absolute atomic E-state index is 0.0652. The number of hydrogen-bond donors (Lipinski definition) is 2. The van der Waals surface area contributed by atoms with Crippen molar-refractivity contribution in [2.75, 3.05) is 22.6 Å². The third-order valence-electron chi connectivity index (χ3n) is 2.85. The van der Waals surface area contributed by atoms with Crippen LogP contribution < -0.4 is 11.1 Å². The molecule has 98 valence electrons. The fourth-order valence-electron chi connectivity index (χ4n) is 1.88. The summed E-state index contributed by atoms with van der Waals surface area (Å²) in [7, 11) is -3.07. The zero-order chi connectivity index (χ0) is 13.3. The SMILES string of the molecule is Nc1ccc(Cl)c(NC(=O)C2CCS(=O)(=O)C2)c1. The fourth-order valence-corrected chi connectivity index (χ4v) is 3.78. The van der Waals surface area contributed by atoms with Gasteiger partial charge >= 0.3 is 0 Å². The highest BCUT2D eigenvalue weighted by molar-refractivity contribution is 7.91. The molecule has 0 radical (unpaired) electrons. The summed E-state index contributed by atoms with van der Waals surface area (Å²) in [6, 6.07) is 4.75. The Labute approximate surface area is 110 Å². The number of rotatable bonds is 2. The van der Waals surface area contributed by atoms with Crippen molar-refractivity contribution in [3.05, 3.63) is 23.2 Å². The summed E-state index contributed by atoms with van der Waals surface area (Å²) < 4.78 is 22.6. The Kier molecular flexibility index (Phi) is 3.49. The number of nitrogens with two attached hydrogens (primary N) is 1. The molecule has 1 aromatic carbocycles. The summed E-state index contributed by atoms with van der Waals surface area (Å²) >= 11 is 5.91. The molecule has 2 rings (SSSR count). The molecule has 0 saturated carbocycles. The first-order chi connectivity index (χ1) is 8.37. The van der Waals surface area contributed by atoms with Gasteiger partial charge < -0.3 is 11.1 Å². The molecule has 18 heavy (non-hydrogen) atoms. The maximum atomic E-state index is 11.9. The first-order valence-corrected chi connectivity index (χ1v) is 7.64. The third-order valence-corrected chi connectivity index (χ3v) is 4.95. The molecule has 7 heteroatoms. The molecule has 0 aromatic heterocycles. The van der Waals surface area contributed by atoms with Gasteiger partial charge in [-0.1, -0.05) is 11.6 Å². The van der Waals surface area contributed by atoms with Gasteiger partial charge in [-0.3, -0.25) is 4.79 Å². The topological polar surface area (TPSA) is 89.3 Å². The van der Waals surface area contributed by atoms with E-state index in [1.54, 1.807) is 18.2 Å². The zero-order valence-corrected chi connectivity index (χ0v) is 11.1. The maximum absolute atomic E-state index is 11.9. The highest BCUT2D eigenvalue weighted by atomic mass is 35.5. The first kappa shape index (κ1) is 13.2. The lowest BCUT2D eigenvalue weighted by molar-refractivity contribution is -0.119. The lowest BCUT2D eigenvalue weighted by Gasteiger charge is -2.11. The molecule has 1 unspecified atom stereocenters. The Morgan fingerprint density at radius 2 is 2.17 bits per heavy atom. The Hall–Kier alpha value is -1.27. The normalized spacial score (nSPS) is 21.7. The van der Waals surface area contributed by atoms with Crippen molar-refractivity contribution in [3.8, 4) is 0 Å². The molecule has 1 fully saturated rings. The molecular weight excluding hydrogens is 276 g/mol. The van der Waals surface area contributed by atoms with Crippen molar-refractivity contribution in [2.45, 2.75) is 6.42 Å². The minimum Gasteiger partial charge on any atom is -0.399 e. The summed E-state index contributed by atoms with van der Waals surface area (Å²) in [6.45, 7) is 0. The lowest BCUT2D eigenvalue weighted by Crippen LogP contribution is -2.23. The van der Waals surface area contributed by atoms with Crippen LogP contribution in [0.4, 0.5) is 11.4 Å². The molecule has 1 atom stereocenters. The maximum Gasteiger partial charge on any atom is 0.228 e. The molecule has 1 saturated heterocycles. The number of carbonyl (C=O) groups excluding carboxylic acids is 1. The first-order valence-electron chi connectivity index (χ1n) is 5.44. The van der Waals surface area contributed by atoms with Gasteiger partial charge in [0.05, 0.1) is 28.1 Å². The van der Waals surface area contributed by atoms with Crippen LogP contribution in [-0.4, -0.2) is 25.8 Å². The average Bonchev–Trinajstić information content (AvgIpc) is 2.64. The number of nitrogens with one attached hydrogen (secondary N) is 1. The number of sulfone groups is 1. The second-order valence-electron chi connectivity index (χ2n) is 4.33. The van der Waals surface area contributed by atoms with Crippen LogP contribution in [0.25, 0.3) is 0 Å². The Balaban J connectivity index is 2.10. The van der Waals surface area contributed by atoms with Gasteiger partial charge in [0.1, 0.15) is 0 Å². The van der Waals surface area contributed by atoms with Gasteiger partial charge in [0.15, 0.2) is 9.84 Å². The molecular formula is C11H13ClN2O3S. The van der Waals surface area contributed by atoms with Gasteiger partial charge in [-0.15, -0.1) is 0 Å². The molecule has 1 amide bonds.